The van der Waals surface area contributed by atoms with Gasteiger partial charge >= 0.3 is 0 Å². The first-order valence-electron chi connectivity index (χ1n) is 7.60. The molecule has 0 amide bonds. The molecule has 0 radical (unpaired) electrons. The van der Waals surface area contributed by atoms with Crippen molar-refractivity contribution < 1.29 is 4.74 Å². The van der Waals surface area contributed by atoms with Gasteiger partial charge in [0.25, 0.3) is 0 Å². The number of rotatable bonds is 0. The highest BCUT2D eigenvalue weighted by molar-refractivity contribution is 5.30. The Bertz CT molecular complexity index is 374. The molecule has 4 fully saturated rings. The Morgan fingerprint density at radius 1 is 1.00 bits per heavy atom. The first-order chi connectivity index (χ1) is 7.96. The van der Waals surface area contributed by atoms with Crippen molar-refractivity contribution in [2.45, 2.75) is 71.3 Å². The molecule has 0 aromatic heterocycles. The highest BCUT2D eigenvalue weighted by Gasteiger charge is 2.81. The summed E-state index contributed by atoms with van der Waals surface area (Å²) in [5, 5.41) is 0. The molecule has 1 heterocycles. The van der Waals surface area contributed by atoms with E-state index in [4.69, 9.17) is 4.74 Å². The van der Waals surface area contributed by atoms with Gasteiger partial charge in [0.15, 0.2) is 0 Å². The van der Waals surface area contributed by atoms with E-state index in [1.54, 1.807) is 0 Å². The second-order valence-electron chi connectivity index (χ2n) is 8.18. The molecule has 4 aliphatic rings. The zero-order chi connectivity index (χ0) is 11.9. The van der Waals surface area contributed by atoms with Gasteiger partial charge in [-0.1, -0.05) is 20.3 Å². The Hall–Kier alpha value is -0.0400. The average Bonchev–Trinajstić information content (AvgIpc) is 2.76. The van der Waals surface area contributed by atoms with Crippen molar-refractivity contribution in [3.05, 3.63) is 0 Å². The minimum Gasteiger partial charge on any atom is -0.375 e. The summed E-state index contributed by atoms with van der Waals surface area (Å²) in [5.41, 5.74) is 2.13. The van der Waals surface area contributed by atoms with Crippen LogP contribution in [-0.4, -0.2) is 12.2 Å². The van der Waals surface area contributed by atoms with Crippen LogP contribution in [0.5, 0.6) is 0 Å². The van der Waals surface area contributed by atoms with Crippen molar-refractivity contribution >= 4 is 0 Å². The normalized spacial score (nSPS) is 59.1. The van der Waals surface area contributed by atoms with Gasteiger partial charge < -0.3 is 4.74 Å². The molecule has 1 heteroatoms. The van der Waals surface area contributed by atoms with E-state index in [2.05, 4.69) is 20.8 Å². The first kappa shape index (κ1) is 10.8. The topological polar surface area (TPSA) is 9.23 Å². The minimum absolute atomic E-state index is 0.247. The molecule has 1 nitrogen and oxygen atoms in total. The molecule has 4 atom stereocenters. The van der Waals surface area contributed by atoms with Crippen LogP contribution < -0.4 is 0 Å². The van der Waals surface area contributed by atoms with Crippen molar-refractivity contribution in [2.75, 3.05) is 6.61 Å². The summed E-state index contributed by atoms with van der Waals surface area (Å²) in [6, 6.07) is 0. The van der Waals surface area contributed by atoms with Crippen molar-refractivity contribution in [2.24, 2.45) is 22.2 Å². The van der Waals surface area contributed by atoms with Crippen molar-refractivity contribution in [3.8, 4) is 0 Å². The molecular weight excluding hydrogens is 208 g/mol. The standard InChI is InChI=1S/C16H26O/c1-13(2)6-4-7-15-11-16(15)9-10-17-14(16,3)8-5-12(13)15/h12H,4-11H2,1-3H3/t12?,14-,15-,16-/m1/s1. The van der Waals surface area contributed by atoms with Crippen molar-refractivity contribution in [1.29, 1.82) is 0 Å². The van der Waals surface area contributed by atoms with E-state index in [-0.39, 0.29) is 5.60 Å². The Kier molecular flexibility index (Phi) is 1.76. The average molecular weight is 234 g/mol. The van der Waals surface area contributed by atoms with Gasteiger partial charge in [0.1, 0.15) is 0 Å². The zero-order valence-corrected chi connectivity index (χ0v) is 11.6. The van der Waals surface area contributed by atoms with E-state index >= 15 is 0 Å². The zero-order valence-electron chi connectivity index (χ0n) is 11.6. The van der Waals surface area contributed by atoms with E-state index < -0.39 is 0 Å². The summed E-state index contributed by atoms with van der Waals surface area (Å²) >= 11 is 0. The first-order valence-corrected chi connectivity index (χ1v) is 7.60. The molecule has 1 aliphatic heterocycles. The van der Waals surface area contributed by atoms with Crippen LogP contribution in [0.25, 0.3) is 0 Å². The fourth-order valence-electron chi connectivity index (χ4n) is 6.54. The van der Waals surface area contributed by atoms with Gasteiger partial charge in [0.2, 0.25) is 0 Å². The van der Waals surface area contributed by atoms with Crippen LogP contribution >= 0.6 is 0 Å². The lowest BCUT2D eigenvalue weighted by Crippen LogP contribution is -2.49. The number of hydrogen-bond donors (Lipinski definition) is 0. The van der Waals surface area contributed by atoms with Crippen molar-refractivity contribution in [1.82, 2.24) is 0 Å². The summed E-state index contributed by atoms with van der Waals surface area (Å²) in [6.45, 7) is 8.52. The lowest BCUT2D eigenvalue weighted by Gasteiger charge is -2.53. The van der Waals surface area contributed by atoms with Crippen LogP contribution in [0, 0.1) is 22.2 Å². The monoisotopic (exact) mass is 234 g/mol. The maximum atomic E-state index is 6.20. The van der Waals surface area contributed by atoms with Crippen molar-refractivity contribution in [3.63, 3.8) is 0 Å². The summed E-state index contributed by atoms with van der Waals surface area (Å²) in [5.74, 6) is 0.985. The predicted molar refractivity (Wildman–Crippen MR) is 68.8 cm³/mol. The summed E-state index contributed by atoms with van der Waals surface area (Å²) in [6.07, 6.45) is 10.0. The van der Waals surface area contributed by atoms with Crippen LogP contribution in [0.4, 0.5) is 0 Å². The third-order valence-corrected chi connectivity index (χ3v) is 7.37. The third-order valence-electron chi connectivity index (χ3n) is 7.37. The fraction of sp³-hybridized carbons (Fsp3) is 1.00. The lowest BCUT2D eigenvalue weighted by atomic mass is 9.52. The van der Waals surface area contributed by atoms with Gasteiger partial charge in [-0.3, -0.25) is 0 Å². The molecule has 0 N–H and O–H groups in total. The summed E-state index contributed by atoms with van der Waals surface area (Å²) < 4.78 is 6.20. The molecular formula is C16H26O. The molecule has 0 bridgehead atoms. The molecule has 17 heavy (non-hydrogen) atoms. The molecule has 2 spiro atoms. The summed E-state index contributed by atoms with van der Waals surface area (Å²) in [7, 11) is 0. The van der Waals surface area contributed by atoms with E-state index in [0.717, 1.165) is 12.5 Å². The smallest absolute Gasteiger partial charge is 0.0717 e. The SMILES string of the molecule is CC1(C)CCC[C@]23C[C@@]24CCO[C@]4(C)CCC13. The highest BCUT2D eigenvalue weighted by atomic mass is 16.5. The van der Waals surface area contributed by atoms with Gasteiger partial charge in [-0.2, -0.15) is 0 Å². The molecule has 1 saturated heterocycles. The minimum atomic E-state index is 0.247. The Morgan fingerprint density at radius 3 is 2.65 bits per heavy atom. The van der Waals surface area contributed by atoms with Gasteiger partial charge in [0, 0.05) is 12.0 Å². The van der Waals surface area contributed by atoms with E-state index in [9.17, 15) is 0 Å². The van der Waals surface area contributed by atoms with E-state index in [1.807, 2.05) is 0 Å². The molecule has 3 aliphatic carbocycles. The second kappa shape index (κ2) is 2.76. The van der Waals surface area contributed by atoms with Crippen LogP contribution in [0.1, 0.15) is 65.7 Å². The van der Waals surface area contributed by atoms with Gasteiger partial charge in [0.05, 0.1) is 5.60 Å². The van der Waals surface area contributed by atoms with E-state index in [1.165, 1.54) is 44.9 Å². The molecule has 3 saturated carbocycles. The van der Waals surface area contributed by atoms with Gasteiger partial charge in [-0.25, -0.2) is 0 Å². The Morgan fingerprint density at radius 2 is 1.82 bits per heavy atom. The predicted octanol–water partition coefficient (Wildman–Crippen LogP) is 4.16. The maximum Gasteiger partial charge on any atom is 0.0717 e. The van der Waals surface area contributed by atoms with Crippen LogP contribution in [0.3, 0.4) is 0 Å². The van der Waals surface area contributed by atoms with Gasteiger partial charge in [-0.15, -0.1) is 0 Å². The second-order valence-corrected chi connectivity index (χ2v) is 8.18. The largest absolute Gasteiger partial charge is 0.375 e. The molecule has 4 rings (SSSR count). The van der Waals surface area contributed by atoms with Crippen LogP contribution in [0.2, 0.25) is 0 Å². The van der Waals surface area contributed by atoms with Crippen LogP contribution in [-0.2, 0) is 4.74 Å². The fourth-order valence-corrected chi connectivity index (χ4v) is 6.54. The number of ether oxygens (including phenoxy) is 1. The molecule has 1 unspecified atom stereocenters. The summed E-state index contributed by atoms with van der Waals surface area (Å²) in [4.78, 5) is 0. The third kappa shape index (κ3) is 0.993. The Labute approximate surface area is 105 Å². The lowest BCUT2D eigenvalue weighted by molar-refractivity contribution is -0.100. The van der Waals surface area contributed by atoms with Gasteiger partial charge in [-0.05, 0) is 62.2 Å². The Balaban J connectivity index is 1.79. The molecule has 0 aromatic rings. The number of hydrogen-bond acceptors (Lipinski definition) is 1. The molecule has 0 aromatic carbocycles. The van der Waals surface area contributed by atoms with E-state index in [0.29, 0.717) is 16.2 Å². The maximum absolute atomic E-state index is 6.20. The quantitative estimate of drug-likeness (QED) is 0.611. The van der Waals surface area contributed by atoms with Crippen LogP contribution in [0.15, 0.2) is 0 Å². The highest BCUT2D eigenvalue weighted by Crippen LogP contribution is 2.85. The molecule has 96 valence electrons.